The Morgan fingerprint density at radius 3 is 2.40 bits per heavy atom. The van der Waals surface area contributed by atoms with Gasteiger partial charge in [-0.05, 0) is 39.0 Å². The highest BCUT2D eigenvalue weighted by Gasteiger charge is 2.17. The average molecular weight is 336 g/mol. The molecule has 0 atom stereocenters. The number of halogens is 1. The Hall–Kier alpha value is -1.55. The van der Waals surface area contributed by atoms with Crippen molar-refractivity contribution in [3.8, 4) is 0 Å². The quantitative estimate of drug-likeness (QED) is 0.827. The van der Waals surface area contributed by atoms with Gasteiger partial charge in [0, 0.05) is 13.6 Å². The number of furan rings is 1. The van der Waals surface area contributed by atoms with Crippen molar-refractivity contribution < 1.29 is 9.21 Å². The van der Waals surface area contributed by atoms with E-state index in [4.69, 9.17) is 4.42 Å². The summed E-state index contributed by atoms with van der Waals surface area (Å²) in [6.45, 7) is 4.91. The first-order chi connectivity index (χ1) is 9.49. The van der Waals surface area contributed by atoms with Crippen LogP contribution in [0, 0.1) is 0 Å². The Bertz CT molecular complexity index is 587. The van der Waals surface area contributed by atoms with Crippen LogP contribution in [0.3, 0.4) is 0 Å². The minimum atomic E-state index is -0.0569. The number of benzene rings is 1. The van der Waals surface area contributed by atoms with Crippen molar-refractivity contribution in [3.05, 3.63) is 58.0 Å². The fourth-order valence-electron chi connectivity index (χ4n) is 2.01. The van der Waals surface area contributed by atoms with Gasteiger partial charge in [0.1, 0.15) is 0 Å². The number of carbonyl (C=O) groups is 1. The summed E-state index contributed by atoms with van der Waals surface area (Å²) < 4.78 is 5.57. The molecule has 2 aromatic rings. The van der Waals surface area contributed by atoms with Crippen molar-refractivity contribution >= 4 is 21.8 Å². The molecule has 0 bridgehead atoms. The van der Waals surface area contributed by atoms with E-state index in [1.807, 2.05) is 0 Å². The summed E-state index contributed by atoms with van der Waals surface area (Å²) in [7, 11) is 1.79. The van der Waals surface area contributed by atoms with Crippen LogP contribution in [0.2, 0.25) is 0 Å². The monoisotopic (exact) mass is 335 g/mol. The first-order valence-electron chi connectivity index (χ1n) is 6.56. The molecule has 0 unspecified atom stereocenters. The third kappa shape index (κ3) is 3.31. The summed E-state index contributed by atoms with van der Waals surface area (Å²) in [5.41, 5.74) is 2.97. The topological polar surface area (TPSA) is 33.5 Å². The molecule has 4 heteroatoms. The van der Waals surface area contributed by atoms with Gasteiger partial charge in [-0.25, -0.2) is 0 Å². The molecule has 0 aliphatic heterocycles. The van der Waals surface area contributed by atoms with Crippen molar-refractivity contribution in [1.82, 2.24) is 4.90 Å². The smallest absolute Gasteiger partial charge is 0.258 e. The zero-order chi connectivity index (χ0) is 14.7. The second-order valence-corrected chi connectivity index (χ2v) is 5.89. The van der Waals surface area contributed by atoms with E-state index in [0.717, 1.165) is 5.56 Å². The van der Waals surface area contributed by atoms with Crippen molar-refractivity contribution in [2.24, 2.45) is 0 Å². The van der Waals surface area contributed by atoms with Gasteiger partial charge in [-0.3, -0.25) is 4.79 Å². The van der Waals surface area contributed by atoms with Crippen LogP contribution in [0.1, 0.15) is 41.3 Å². The normalized spacial score (nSPS) is 10.8. The number of amides is 1. The molecule has 0 saturated carbocycles. The van der Waals surface area contributed by atoms with E-state index in [9.17, 15) is 4.79 Å². The number of hydrogen-bond donors (Lipinski definition) is 0. The fraction of sp³-hybridized carbons (Fsp3) is 0.312. The molecule has 20 heavy (non-hydrogen) atoms. The van der Waals surface area contributed by atoms with E-state index in [-0.39, 0.29) is 5.91 Å². The molecule has 106 valence electrons. The second-order valence-electron chi connectivity index (χ2n) is 5.17. The minimum absolute atomic E-state index is 0.0569. The predicted molar refractivity (Wildman–Crippen MR) is 82.7 cm³/mol. The molecule has 2 rings (SSSR count). The molecular formula is C16H18BrNO2. The molecule has 0 radical (unpaired) electrons. The van der Waals surface area contributed by atoms with Crippen LogP contribution in [0.5, 0.6) is 0 Å². The van der Waals surface area contributed by atoms with Crippen molar-refractivity contribution in [2.45, 2.75) is 26.3 Å². The maximum absolute atomic E-state index is 12.2. The first kappa shape index (κ1) is 14.9. The van der Waals surface area contributed by atoms with Gasteiger partial charge < -0.3 is 9.32 Å². The third-order valence-electron chi connectivity index (χ3n) is 3.26. The molecule has 0 spiro atoms. The molecule has 1 aromatic carbocycles. The van der Waals surface area contributed by atoms with Crippen LogP contribution in [-0.4, -0.2) is 17.9 Å². The van der Waals surface area contributed by atoms with Crippen LogP contribution in [0.4, 0.5) is 0 Å². The van der Waals surface area contributed by atoms with Crippen molar-refractivity contribution in [1.29, 1.82) is 0 Å². The van der Waals surface area contributed by atoms with Crippen LogP contribution in [-0.2, 0) is 6.54 Å². The van der Waals surface area contributed by atoms with Crippen LogP contribution < -0.4 is 0 Å². The largest absolute Gasteiger partial charge is 0.457 e. The Morgan fingerprint density at radius 1 is 1.25 bits per heavy atom. The summed E-state index contributed by atoms with van der Waals surface area (Å²) in [5.74, 6) is 0.462. The molecular weight excluding hydrogens is 318 g/mol. The highest BCUT2D eigenvalue weighted by molar-refractivity contribution is 9.10. The second kappa shape index (κ2) is 6.27. The molecule has 1 aromatic heterocycles. The molecule has 0 aliphatic carbocycles. The lowest BCUT2D eigenvalue weighted by Gasteiger charge is -2.17. The van der Waals surface area contributed by atoms with E-state index in [1.165, 1.54) is 11.8 Å². The Morgan fingerprint density at radius 2 is 1.90 bits per heavy atom. The van der Waals surface area contributed by atoms with Gasteiger partial charge in [0.2, 0.25) is 0 Å². The average Bonchev–Trinajstić information content (AvgIpc) is 2.84. The van der Waals surface area contributed by atoms with Crippen LogP contribution in [0.25, 0.3) is 0 Å². The first-order valence-corrected chi connectivity index (χ1v) is 7.35. The molecule has 0 saturated heterocycles. The Labute approximate surface area is 127 Å². The lowest BCUT2D eigenvalue weighted by molar-refractivity contribution is 0.0783. The number of hydrogen-bond acceptors (Lipinski definition) is 2. The van der Waals surface area contributed by atoms with Gasteiger partial charge in [-0.15, -0.1) is 0 Å². The van der Waals surface area contributed by atoms with Gasteiger partial charge in [-0.2, -0.15) is 0 Å². The van der Waals surface area contributed by atoms with Gasteiger partial charge >= 0.3 is 0 Å². The summed E-state index contributed by atoms with van der Waals surface area (Å²) in [6.07, 6.45) is 1.50. The summed E-state index contributed by atoms with van der Waals surface area (Å²) >= 11 is 3.23. The maximum atomic E-state index is 12.2. The lowest BCUT2D eigenvalue weighted by atomic mass is 10.0. The van der Waals surface area contributed by atoms with Crippen LogP contribution in [0.15, 0.2) is 45.7 Å². The molecule has 0 aliphatic rings. The zero-order valence-corrected chi connectivity index (χ0v) is 13.5. The van der Waals surface area contributed by atoms with Gasteiger partial charge in [0.15, 0.2) is 4.67 Å². The van der Waals surface area contributed by atoms with Crippen molar-refractivity contribution in [3.63, 3.8) is 0 Å². The summed E-state index contributed by atoms with van der Waals surface area (Å²) in [6, 6.07) is 10.1. The van der Waals surface area contributed by atoms with E-state index in [1.54, 1.807) is 18.0 Å². The minimum Gasteiger partial charge on any atom is -0.457 e. The standard InChI is InChI=1S/C16H18BrNO2/c1-11(2)13-6-4-12(5-7-13)10-18(3)16(19)14-8-9-20-15(14)17/h4-9,11H,10H2,1-3H3. The summed E-state index contributed by atoms with van der Waals surface area (Å²) in [4.78, 5) is 13.9. The molecule has 1 amide bonds. The van der Waals surface area contributed by atoms with E-state index >= 15 is 0 Å². The number of rotatable bonds is 4. The van der Waals surface area contributed by atoms with Crippen LogP contribution >= 0.6 is 15.9 Å². The molecule has 1 heterocycles. The van der Waals surface area contributed by atoms with Gasteiger partial charge in [0.05, 0.1) is 11.8 Å². The predicted octanol–water partition coefficient (Wildman–Crippen LogP) is 4.44. The highest BCUT2D eigenvalue weighted by atomic mass is 79.9. The SMILES string of the molecule is CC(C)c1ccc(CN(C)C(=O)c2ccoc2Br)cc1. The third-order valence-corrected chi connectivity index (χ3v) is 3.88. The van der Waals surface area contributed by atoms with Gasteiger partial charge in [0.25, 0.3) is 5.91 Å². The zero-order valence-electron chi connectivity index (χ0n) is 11.9. The highest BCUT2D eigenvalue weighted by Crippen LogP contribution is 2.20. The van der Waals surface area contributed by atoms with E-state index in [2.05, 4.69) is 54.0 Å². The van der Waals surface area contributed by atoms with Crippen molar-refractivity contribution in [2.75, 3.05) is 7.05 Å². The molecule has 0 N–H and O–H groups in total. The van der Waals surface area contributed by atoms with E-state index in [0.29, 0.717) is 22.7 Å². The Kier molecular flexibility index (Phi) is 4.65. The van der Waals surface area contributed by atoms with Gasteiger partial charge in [-0.1, -0.05) is 38.1 Å². The lowest BCUT2D eigenvalue weighted by Crippen LogP contribution is -2.26. The maximum Gasteiger partial charge on any atom is 0.258 e. The number of nitrogens with zero attached hydrogens (tertiary/aromatic N) is 1. The number of carbonyl (C=O) groups excluding carboxylic acids is 1. The molecule has 3 nitrogen and oxygen atoms in total. The van der Waals surface area contributed by atoms with E-state index < -0.39 is 0 Å². The Balaban J connectivity index is 2.06. The molecule has 0 fully saturated rings. The summed E-state index contributed by atoms with van der Waals surface area (Å²) in [5, 5.41) is 0. The fourth-order valence-corrected chi connectivity index (χ4v) is 2.42.